The molecule has 0 bridgehead atoms. The van der Waals surface area contributed by atoms with Crippen molar-refractivity contribution in [2.45, 2.75) is 20.4 Å². The minimum atomic E-state index is 0.784. The molecule has 2 aromatic heterocycles. The number of nitrogens with zero attached hydrogens (tertiary/aromatic N) is 3. The highest BCUT2D eigenvalue weighted by Gasteiger charge is 2.05. The second kappa shape index (κ2) is 4.44. The molecule has 2 rings (SSSR count). The zero-order valence-corrected chi connectivity index (χ0v) is 9.71. The van der Waals surface area contributed by atoms with Crippen LogP contribution < -0.4 is 5.32 Å². The number of anilines is 1. The van der Waals surface area contributed by atoms with Crippen molar-refractivity contribution in [1.82, 2.24) is 14.5 Å². The molecule has 0 fully saturated rings. The van der Waals surface area contributed by atoms with E-state index in [-0.39, 0.29) is 0 Å². The minimum absolute atomic E-state index is 0.784. The number of imidazole rings is 1. The van der Waals surface area contributed by atoms with Crippen molar-refractivity contribution >= 4 is 17.3 Å². The van der Waals surface area contributed by atoms with Crippen molar-refractivity contribution < 1.29 is 0 Å². The van der Waals surface area contributed by atoms with Gasteiger partial charge in [-0.25, -0.2) is 9.97 Å². The molecule has 2 aromatic rings. The summed E-state index contributed by atoms with van der Waals surface area (Å²) in [5.41, 5.74) is 3.96. The maximum atomic E-state index is 4.41. The molecule has 0 unspecified atom stereocenters. The summed E-state index contributed by atoms with van der Waals surface area (Å²) in [5, 5.41) is 5.30. The number of hydrogen-bond donors (Lipinski definition) is 1. The zero-order valence-electron chi connectivity index (χ0n) is 8.90. The molecule has 0 saturated carbocycles. The van der Waals surface area contributed by atoms with E-state index in [1.54, 1.807) is 11.3 Å². The molecule has 0 saturated heterocycles. The summed E-state index contributed by atoms with van der Waals surface area (Å²) in [6, 6.07) is 0. The molecule has 2 heterocycles. The van der Waals surface area contributed by atoms with Gasteiger partial charge < -0.3 is 9.88 Å². The summed E-state index contributed by atoms with van der Waals surface area (Å²) in [4.78, 5) is 8.67. The van der Waals surface area contributed by atoms with Crippen molar-refractivity contribution in [3.63, 3.8) is 0 Å². The Morgan fingerprint density at radius 1 is 1.53 bits per heavy atom. The van der Waals surface area contributed by atoms with Crippen LogP contribution >= 0.6 is 11.3 Å². The first-order valence-corrected chi connectivity index (χ1v) is 5.88. The van der Waals surface area contributed by atoms with Gasteiger partial charge in [0, 0.05) is 18.1 Å². The number of hydrogen-bond acceptors (Lipinski definition) is 4. The van der Waals surface area contributed by atoms with Gasteiger partial charge in [0.15, 0.2) is 0 Å². The van der Waals surface area contributed by atoms with Gasteiger partial charge in [-0.05, 0) is 13.8 Å². The molecule has 0 spiro atoms. The smallest absolute Gasteiger partial charge is 0.203 e. The number of thiazole rings is 1. The molecular weight excluding hydrogens is 208 g/mol. The highest BCUT2D eigenvalue weighted by molar-refractivity contribution is 7.07. The predicted molar refractivity (Wildman–Crippen MR) is 62.3 cm³/mol. The Hall–Kier alpha value is -1.36. The van der Waals surface area contributed by atoms with E-state index in [0.29, 0.717) is 0 Å². The number of nitrogens with one attached hydrogen (secondary N) is 1. The van der Waals surface area contributed by atoms with Gasteiger partial charge in [0.05, 0.1) is 23.4 Å². The van der Waals surface area contributed by atoms with Crippen LogP contribution in [0.25, 0.3) is 0 Å². The van der Waals surface area contributed by atoms with Crippen molar-refractivity contribution in [2.75, 3.05) is 11.9 Å². The quantitative estimate of drug-likeness (QED) is 0.861. The van der Waals surface area contributed by atoms with Gasteiger partial charge in [0.2, 0.25) is 5.95 Å². The van der Waals surface area contributed by atoms with Crippen molar-refractivity contribution in [3.05, 3.63) is 28.5 Å². The summed E-state index contributed by atoms with van der Waals surface area (Å²) >= 11 is 1.62. The zero-order chi connectivity index (χ0) is 10.7. The summed E-state index contributed by atoms with van der Waals surface area (Å²) in [5.74, 6) is 0.919. The Kier molecular flexibility index (Phi) is 3.01. The molecule has 0 aliphatic carbocycles. The van der Waals surface area contributed by atoms with Crippen LogP contribution in [0.1, 0.15) is 18.3 Å². The molecule has 80 valence electrons. The van der Waals surface area contributed by atoms with Gasteiger partial charge in [-0.3, -0.25) is 0 Å². The minimum Gasteiger partial charge on any atom is -0.356 e. The van der Waals surface area contributed by atoms with Gasteiger partial charge in [0.1, 0.15) is 0 Å². The van der Waals surface area contributed by atoms with Gasteiger partial charge in [-0.2, -0.15) is 0 Å². The lowest BCUT2D eigenvalue weighted by molar-refractivity contribution is 0.781. The Bertz CT molecular complexity index is 419. The Morgan fingerprint density at radius 3 is 3.07 bits per heavy atom. The maximum absolute atomic E-state index is 4.41. The fourth-order valence-corrected chi connectivity index (χ4v) is 2.01. The van der Waals surface area contributed by atoms with E-state index in [1.807, 2.05) is 18.6 Å². The van der Waals surface area contributed by atoms with Gasteiger partial charge in [-0.15, -0.1) is 11.3 Å². The maximum Gasteiger partial charge on any atom is 0.203 e. The largest absolute Gasteiger partial charge is 0.356 e. The van der Waals surface area contributed by atoms with Crippen LogP contribution in [-0.4, -0.2) is 21.1 Å². The predicted octanol–water partition coefficient (Wildman–Crippen LogP) is 2.13. The van der Waals surface area contributed by atoms with Crippen molar-refractivity contribution in [2.24, 2.45) is 0 Å². The third kappa shape index (κ3) is 2.36. The Morgan fingerprint density at radius 2 is 2.40 bits per heavy atom. The Balaban J connectivity index is 2.19. The fourth-order valence-electron chi connectivity index (χ4n) is 1.46. The molecule has 15 heavy (non-hydrogen) atoms. The van der Waals surface area contributed by atoms with E-state index in [2.05, 4.69) is 32.2 Å². The lowest BCUT2D eigenvalue weighted by Gasteiger charge is -2.05. The molecular formula is C10H14N4S. The molecule has 0 radical (unpaired) electrons. The van der Waals surface area contributed by atoms with Crippen LogP contribution in [0.2, 0.25) is 0 Å². The average Bonchev–Trinajstić information content (AvgIpc) is 2.78. The first-order chi connectivity index (χ1) is 7.29. The molecule has 1 N–H and O–H groups in total. The van der Waals surface area contributed by atoms with Crippen molar-refractivity contribution in [3.8, 4) is 0 Å². The van der Waals surface area contributed by atoms with E-state index in [4.69, 9.17) is 0 Å². The second-order valence-electron chi connectivity index (χ2n) is 3.34. The van der Waals surface area contributed by atoms with E-state index in [0.717, 1.165) is 30.4 Å². The van der Waals surface area contributed by atoms with Crippen LogP contribution in [0, 0.1) is 6.92 Å². The van der Waals surface area contributed by atoms with E-state index < -0.39 is 0 Å². The highest BCUT2D eigenvalue weighted by atomic mass is 32.1. The topological polar surface area (TPSA) is 42.7 Å². The average molecular weight is 222 g/mol. The first kappa shape index (κ1) is 10.2. The molecule has 0 aromatic carbocycles. The van der Waals surface area contributed by atoms with Gasteiger partial charge in [0.25, 0.3) is 0 Å². The van der Waals surface area contributed by atoms with E-state index >= 15 is 0 Å². The van der Waals surface area contributed by atoms with Crippen LogP contribution in [0.15, 0.2) is 17.1 Å². The van der Waals surface area contributed by atoms with Crippen LogP contribution in [0.5, 0.6) is 0 Å². The summed E-state index contributed by atoms with van der Waals surface area (Å²) in [6.45, 7) is 5.73. The van der Waals surface area contributed by atoms with E-state index in [1.165, 1.54) is 0 Å². The monoisotopic (exact) mass is 222 g/mol. The lowest BCUT2D eigenvalue weighted by Crippen LogP contribution is -2.07. The SMILES string of the molecule is CCNc1nc(C)cn1Cc1cscn1. The fraction of sp³-hybridized carbons (Fsp3) is 0.400. The standard InChI is InChI=1S/C10H14N4S/c1-3-11-10-13-8(2)4-14(10)5-9-6-15-7-12-9/h4,6-7H,3,5H2,1-2H3,(H,11,13). The van der Waals surface area contributed by atoms with Gasteiger partial charge in [-0.1, -0.05) is 0 Å². The normalized spacial score (nSPS) is 10.5. The third-order valence-electron chi connectivity index (χ3n) is 2.05. The Labute approximate surface area is 93.0 Å². The number of aromatic nitrogens is 3. The van der Waals surface area contributed by atoms with Gasteiger partial charge >= 0.3 is 0 Å². The number of rotatable bonds is 4. The summed E-state index contributed by atoms with van der Waals surface area (Å²) < 4.78 is 2.09. The number of aryl methyl sites for hydroxylation is 1. The molecule has 5 heteroatoms. The first-order valence-electron chi connectivity index (χ1n) is 4.94. The van der Waals surface area contributed by atoms with Crippen LogP contribution in [0.4, 0.5) is 5.95 Å². The summed E-state index contributed by atoms with van der Waals surface area (Å²) in [7, 11) is 0. The second-order valence-corrected chi connectivity index (χ2v) is 4.06. The molecule has 0 aliphatic heterocycles. The summed E-state index contributed by atoms with van der Waals surface area (Å²) in [6.07, 6.45) is 2.04. The molecule has 0 amide bonds. The molecule has 4 nitrogen and oxygen atoms in total. The van der Waals surface area contributed by atoms with E-state index in [9.17, 15) is 0 Å². The highest BCUT2D eigenvalue weighted by Crippen LogP contribution is 2.11. The van der Waals surface area contributed by atoms with Crippen LogP contribution in [-0.2, 0) is 6.54 Å². The molecule has 0 aliphatic rings. The lowest BCUT2D eigenvalue weighted by atomic mass is 10.5. The van der Waals surface area contributed by atoms with Crippen molar-refractivity contribution in [1.29, 1.82) is 0 Å². The van der Waals surface area contributed by atoms with Crippen LogP contribution in [0.3, 0.4) is 0 Å². The third-order valence-corrected chi connectivity index (χ3v) is 2.68. The molecule has 0 atom stereocenters.